The van der Waals surface area contributed by atoms with E-state index < -0.39 is 8.32 Å². The predicted octanol–water partition coefficient (Wildman–Crippen LogP) is 8.19. The number of carbonyl (C=O) groups excluding carboxylic acids is 1. The number of esters is 1. The molecule has 0 bridgehead atoms. The quantitative estimate of drug-likeness (QED) is 0.146. The van der Waals surface area contributed by atoms with Gasteiger partial charge in [-0.1, -0.05) is 80.9 Å². The van der Waals surface area contributed by atoms with Crippen molar-refractivity contribution in [3.05, 3.63) is 100 Å². The first-order valence-corrected chi connectivity index (χ1v) is 16.0. The van der Waals surface area contributed by atoms with Crippen molar-refractivity contribution in [1.29, 1.82) is 0 Å². The molecule has 3 aromatic rings. The smallest absolute Gasteiger partial charge is 0.338 e. The summed E-state index contributed by atoms with van der Waals surface area (Å²) in [5.41, 5.74) is 6.01. The van der Waals surface area contributed by atoms with Crippen LogP contribution in [0.15, 0.2) is 66.7 Å². The first-order valence-electron chi connectivity index (χ1n) is 13.1. The molecule has 0 aliphatic rings. The Kier molecular flexibility index (Phi) is 9.74. The average molecular weight is 519 g/mol. The van der Waals surface area contributed by atoms with E-state index in [9.17, 15) is 4.79 Å². The molecule has 0 aromatic heterocycles. The highest BCUT2D eigenvalue weighted by molar-refractivity contribution is 6.74. The molecule has 3 aromatic carbocycles. The highest BCUT2D eigenvalue weighted by atomic mass is 28.4. The molecule has 0 radical (unpaired) electrons. The van der Waals surface area contributed by atoms with Crippen molar-refractivity contribution in [2.45, 2.75) is 78.8 Å². The minimum Gasteiger partial charge on any atom is -0.493 e. The summed E-state index contributed by atoms with van der Waals surface area (Å²) in [6, 6.07) is 21.9. The molecule has 0 amide bonds. The Morgan fingerprint density at radius 1 is 0.865 bits per heavy atom. The molecule has 0 heterocycles. The maximum Gasteiger partial charge on any atom is 0.338 e. The molecular formula is C32H42O4Si. The molecule has 0 aliphatic heterocycles. The van der Waals surface area contributed by atoms with E-state index in [1.165, 1.54) is 5.56 Å². The van der Waals surface area contributed by atoms with Crippen LogP contribution in [0.3, 0.4) is 0 Å². The van der Waals surface area contributed by atoms with Gasteiger partial charge in [0.05, 0.1) is 18.8 Å². The number of hydrogen-bond donors (Lipinski definition) is 0. The van der Waals surface area contributed by atoms with Crippen LogP contribution in [0.4, 0.5) is 0 Å². The highest BCUT2D eigenvalue weighted by Crippen LogP contribution is 2.37. The lowest BCUT2D eigenvalue weighted by atomic mass is 10.0. The van der Waals surface area contributed by atoms with Gasteiger partial charge < -0.3 is 13.9 Å². The van der Waals surface area contributed by atoms with Gasteiger partial charge in [0.25, 0.3) is 0 Å². The third-order valence-corrected chi connectivity index (χ3v) is 11.7. The van der Waals surface area contributed by atoms with Gasteiger partial charge in [0.2, 0.25) is 0 Å². The van der Waals surface area contributed by atoms with Gasteiger partial charge >= 0.3 is 5.97 Å². The van der Waals surface area contributed by atoms with Crippen molar-refractivity contribution in [1.82, 2.24) is 0 Å². The Morgan fingerprint density at radius 3 is 2.27 bits per heavy atom. The van der Waals surface area contributed by atoms with Crippen LogP contribution in [0.25, 0.3) is 0 Å². The van der Waals surface area contributed by atoms with E-state index >= 15 is 0 Å². The third kappa shape index (κ3) is 8.31. The van der Waals surface area contributed by atoms with E-state index in [1.807, 2.05) is 55.5 Å². The Balaban J connectivity index is 1.53. The maximum absolute atomic E-state index is 12.8. The van der Waals surface area contributed by atoms with E-state index in [0.29, 0.717) is 18.8 Å². The topological polar surface area (TPSA) is 44.8 Å². The molecule has 4 nitrogen and oxygen atoms in total. The maximum atomic E-state index is 12.8. The zero-order valence-corrected chi connectivity index (χ0v) is 24.5. The summed E-state index contributed by atoms with van der Waals surface area (Å²) in [5, 5.41) is 0.195. The molecule has 5 heteroatoms. The van der Waals surface area contributed by atoms with E-state index in [2.05, 4.69) is 59.0 Å². The van der Waals surface area contributed by atoms with Crippen LogP contribution in [-0.2, 0) is 28.8 Å². The minimum atomic E-state index is -1.78. The summed E-state index contributed by atoms with van der Waals surface area (Å²) >= 11 is 0. The molecule has 0 saturated heterocycles. The van der Waals surface area contributed by atoms with Gasteiger partial charge in [0.15, 0.2) is 8.32 Å². The molecular weight excluding hydrogens is 476 g/mol. The molecule has 0 spiro atoms. The summed E-state index contributed by atoms with van der Waals surface area (Å²) < 4.78 is 18.0. The largest absolute Gasteiger partial charge is 0.493 e. The summed E-state index contributed by atoms with van der Waals surface area (Å²) in [6.45, 7) is 16.9. The van der Waals surface area contributed by atoms with Crippen LogP contribution >= 0.6 is 0 Å². The Bertz CT molecular complexity index is 1180. The Hall–Kier alpha value is -2.89. The van der Waals surface area contributed by atoms with Crippen LogP contribution in [0.5, 0.6) is 5.75 Å². The lowest BCUT2D eigenvalue weighted by molar-refractivity contribution is 0.0471. The fourth-order valence-electron chi connectivity index (χ4n) is 3.82. The van der Waals surface area contributed by atoms with Crippen molar-refractivity contribution in [3.63, 3.8) is 0 Å². The molecule has 0 atom stereocenters. The fourth-order valence-corrected chi connectivity index (χ4v) is 4.78. The Morgan fingerprint density at radius 2 is 1.59 bits per heavy atom. The average Bonchev–Trinajstić information content (AvgIpc) is 2.85. The van der Waals surface area contributed by atoms with Gasteiger partial charge in [0, 0.05) is 0 Å². The molecule has 0 N–H and O–H groups in total. The molecule has 0 unspecified atom stereocenters. The first-order chi connectivity index (χ1) is 17.5. The monoisotopic (exact) mass is 518 g/mol. The minimum absolute atomic E-state index is 0.195. The zero-order chi connectivity index (χ0) is 27.1. The van der Waals surface area contributed by atoms with Crippen LogP contribution in [0, 0.1) is 13.8 Å². The molecule has 37 heavy (non-hydrogen) atoms. The lowest BCUT2D eigenvalue weighted by Gasteiger charge is -2.36. The van der Waals surface area contributed by atoms with Crippen LogP contribution in [0.2, 0.25) is 18.1 Å². The summed E-state index contributed by atoms with van der Waals surface area (Å²) in [4.78, 5) is 12.8. The van der Waals surface area contributed by atoms with Gasteiger partial charge in [-0.15, -0.1) is 0 Å². The van der Waals surface area contributed by atoms with Crippen molar-refractivity contribution >= 4 is 14.3 Å². The van der Waals surface area contributed by atoms with Crippen molar-refractivity contribution in [3.8, 4) is 5.75 Å². The van der Waals surface area contributed by atoms with E-state index in [-0.39, 0.29) is 17.6 Å². The standard InChI is InChI=1S/C32H42O4Si/c1-24-15-17-29(31(33)35-22-26-12-9-8-10-13-26)28(20-24)14-11-19-34-30-18-16-27(21-25(30)2)23-36-37(6,7)32(3,4)5/h8-10,12-13,15-18,20-21H,11,14,19,22-23H2,1-7H3. The SMILES string of the molecule is Cc1ccc(C(=O)OCc2ccccc2)c(CCCOc2ccc(CO[Si](C)(C)C(C)(C)C)cc2C)c1. The molecule has 0 fully saturated rings. The molecule has 0 saturated carbocycles. The van der Waals surface area contributed by atoms with Crippen molar-refractivity contribution < 1.29 is 18.7 Å². The van der Waals surface area contributed by atoms with Crippen molar-refractivity contribution in [2.75, 3.05) is 6.61 Å². The number of hydrogen-bond acceptors (Lipinski definition) is 4. The number of benzene rings is 3. The van der Waals surface area contributed by atoms with Crippen LogP contribution in [0.1, 0.15) is 65.4 Å². The number of rotatable bonds is 11. The Labute approximate surface area is 224 Å². The zero-order valence-electron chi connectivity index (χ0n) is 23.5. The van der Waals surface area contributed by atoms with Gasteiger partial charge in [-0.3, -0.25) is 0 Å². The van der Waals surface area contributed by atoms with Crippen LogP contribution in [-0.4, -0.2) is 20.9 Å². The van der Waals surface area contributed by atoms with Crippen molar-refractivity contribution in [2.24, 2.45) is 0 Å². The predicted molar refractivity (Wildman–Crippen MR) is 154 cm³/mol. The fraction of sp³-hybridized carbons (Fsp3) is 0.406. The van der Waals surface area contributed by atoms with Gasteiger partial charge in [-0.2, -0.15) is 0 Å². The van der Waals surface area contributed by atoms with Crippen LogP contribution < -0.4 is 4.74 Å². The second-order valence-corrected chi connectivity index (χ2v) is 16.1. The van der Waals surface area contributed by atoms with E-state index in [1.54, 1.807) is 0 Å². The lowest BCUT2D eigenvalue weighted by Crippen LogP contribution is -2.40. The third-order valence-electron chi connectivity index (χ3n) is 7.19. The number of aryl methyl sites for hydroxylation is 3. The molecule has 3 rings (SSSR count). The first kappa shape index (κ1) is 28.7. The van der Waals surface area contributed by atoms with E-state index in [4.69, 9.17) is 13.9 Å². The highest BCUT2D eigenvalue weighted by Gasteiger charge is 2.37. The van der Waals surface area contributed by atoms with Gasteiger partial charge in [-0.25, -0.2) is 4.79 Å². The normalized spacial score (nSPS) is 11.9. The summed E-state index contributed by atoms with van der Waals surface area (Å²) in [7, 11) is -1.78. The number of carbonyl (C=O) groups is 1. The molecule has 198 valence electrons. The second kappa shape index (κ2) is 12.6. The molecule has 0 aliphatic carbocycles. The number of ether oxygens (including phenoxy) is 2. The van der Waals surface area contributed by atoms with Gasteiger partial charge in [0.1, 0.15) is 12.4 Å². The van der Waals surface area contributed by atoms with Gasteiger partial charge in [-0.05, 0) is 79.2 Å². The summed E-state index contributed by atoms with van der Waals surface area (Å²) in [6.07, 6.45) is 1.55. The van der Waals surface area contributed by atoms with E-state index in [0.717, 1.165) is 40.8 Å². The summed E-state index contributed by atoms with van der Waals surface area (Å²) in [5.74, 6) is 0.605. The second-order valence-electron chi connectivity index (χ2n) is 11.3.